The number of para-hydroxylation sites is 2. The van der Waals surface area contributed by atoms with E-state index in [0.29, 0.717) is 78.3 Å². The van der Waals surface area contributed by atoms with Gasteiger partial charge in [0, 0.05) is 27.5 Å². The predicted molar refractivity (Wildman–Crippen MR) is 262 cm³/mol. The van der Waals surface area contributed by atoms with Gasteiger partial charge in [-0.25, -0.2) is 4.84 Å². The average molecular weight is 960 g/mol. The Bertz CT molecular complexity index is 3370. The number of halogens is 2. The molecule has 0 aliphatic carbocycles. The third-order valence-corrected chi connectivity index (χ3v) is 11.1. The molecule has 0 aliphatic rings. The number of aromatic nitrogens is 2. The van der Waals surface area contributed by atoms with Crippen molar-refractivity contribution in [1.82, 2.24) is 20.8 Å². The molecule has 17 nitrogen and oxygen atoms in total. The number of ether oxygens (including phenoxy) is 1. The first kappa shape index (κ1) is 45.3. The van der Waals surface area contributed by atoms with E-state index in [1.54, 1.807) is 121 Å². The van der Waals surface area contributed by atoms with Crippen LogP contribution < -0.4 is 26.2 Å². The maximum absolute atomic E-state index is 11.6. The molecular weight excluding hydrogens is 924 g/mol. The molecule has 0 saturated heterocycles. The second kappa shape index (κ2) is 20.7. The fraction of sp³-hybridized carbons (Fsp3) is 0.0400. The molecule has 1 heterocycles. The van der Waals surface area contributed by atoms with Gasteiger partial charge in [0.25, 0.3) is 6.35 Å². The third-order valence-electron chi connectivity index (χ3n) is 10.5. The molecule has 9 rings (SSSR count). The number of aromatic hydroxyl groups is 2. The van der Waals surface area contributed by atoms with Crippen LogP contribution in [0.1, 0.15) is 11.8 Å². The summed E-state index contributed by atoms with van der Waals surface area (Å²) in [6.45, 7) is 0. The number of fused-ring (bicyclic) bond motifs is 2. The minimum Gasteiger partial charge on any atom is -0.505 e. The van der Waals surface area contributed by atoms with Crippen LogP contribution in [0.3, 0.4) is 0 Å². The second-order valence-electron chi connectivity index (χ2n) is 14.9. The number of phenols is 2. The molecule has 19 heteroatoms. The molecule has 0 saturated carbocycles. The van der Waals surface area contributed by atoms with Crippen molar-refractivity contribution < 1.29 is 33.8 Å². The van der Waals surface area contributed by atoms with Crippen molar-refractivity contribution >= 4 is 91.7 Å². The average Bonchev–Trinajstić information content (AvgIpc) is 3.87. The van der Waals surface area contributed by atoms with Gasteiger partial charge in [0.05, 0.1) is 32.8 Å². The Morgan fingerprint density at radius 1 is 0.580 bits per heavy atom. The molecule has 342 valence electrons. The lowest BCUT2D eigenvalue weighted by Gasteiger charge is -2.22. The van der Waals surface area contributed by atoms with Crippen molar-refractivity contribution in [2.24, 2.45) is 20.5 Å². The second-order valence-corrected chi connectivity index (χ2v) is 15.7. The minimum absolute atomic E-state index is 0.0356. The lowest BCUT2D eigenvalue weighted by Crippen LogP contribution is -2.40. The van der Waals surface area contributed by atoms with Gasteiger partial charge in [0.15, 0.2) is 23.5 Å². The lowest BCUT2D eigenvalue weighted by atomic mass is 10.0. The zero-order chi connectivity index (χ0) is 47.7. The SMILES string of the molecule is O=CNC(Nc1ccccc1Cl)Oc1cc2ccccc2c(N=Nc2ccc(-c3nnc(-c4ccc(N=Nc5c(O)c(C(NC=O)ONc6ccccc6Cl)cc6ccccc56)cc4)o3)cc2)c1O. The molecule has 9 aromatic rings. The maximum Gasteiger partial charge on any atom is 0.250 e. The van der Waals surface area contributed by atoms with Crippen LogP contribution >= 0.6 is 23.2 Å². The molecule has 0 spiro atoms. The quantitative estimate of drug-likeness (QED) is 0.0205. The van der Waals surface area contributed by atoms with Crippen LogP contribution in [0.4, 0.5) is 34.1 Å². The Balaban J connectivity index is 0.898. The van der Waals surface area contributed by atoms with Gasteiger partial charge in [0.1, 0.15) is 11.4 Å². The Morgan fingerprint density at radius 2 is 1.09 bits per heavy atom. The van der Waals surface area contributed by atoms with Crippen molar-refractivity contribution in [3.05, 3.63) is 173 Å². The summed E-state index contributed by atoms with van der Waals surface area (Å²) in [5.74, 6) is -0.00642. The number of carbonyl (C=O) groups excluding carboxylic acids is 2. The smallest absolute Gasteiger partial charge is 0.250 e. The molecule has 0 radical (unpaired) electrons. The number of azo groups is 2. The lowest BCUT2D eigenvalue weighted by molar-refractivity contribution is -0.113. The highest BCUT2D eigenvalue weighted by Crippen LogP contribution is 2.45. The number of hydrogen-bond donors (Lipinski definition) is 6. The summed E-state index contributed by atoms with van der Waals surface area (Å²) >= 11 is 12.6. The number of hydrogen-bond acceptors (Lipinski definition) is 15. The topological polar surface area (TPSA) is 230 Å². The van der Waals surface area contributed by atoms with Gasteiger partial charge < -0.3 is 35.3 Å². The molecule has 0 aliphatic heterocycles. The fourth-order valence-corrected chi connectivity index (χ4v) is 7.43. The monoisotopic (exact) mass is 958 g/mol. The molecule has 2 amide bonds. The highest BCUT2D eigenvalue weighted by Gasteiger charge is 2.23. The van der Waals surface area contributed by atoms with E-state index in [1.807, 2.05) is 36.4 Å². The maximum atomic E-state index is 11.6. The van der Waals surface area contributed by atoms with E-state index in [-0.39, 0.29) is 46.0 Å². The minimum atomic E-state index is -1.13. The number of amides is 2. The number of nitrogens with zero attached hydrogens (tertiary/aromatic N) is 6. The van der Waals surface area contributed by atoms with Crippen molar-refractivity contribution in [2.75, 3.05) is 10.8 Å². The summed E-state index contributed by atoms with van der Waals surface area (Å²) in [5, 5.41) is 60.6. The van der Waals surface area contributed by atoms with E-state index >= 15 is 0 Å². The number of anilines is 2. The van der Waals surface area contributed by atoms with E-state index in [4.69, 9.17) is 37.2 Å². The first-order valence-electron chi connectivity index (χ1n) is 20.9. The number of carbonyl (C=O) groups is 2. The van der Waals surface area contributed by atoms with E-state index in [1.165, 1.54) is 0 Å². The van der Waals surface area contributed by atoms with Crippen molar-refractivity contribution in [3.8, 4) is 40.2 Å². The molecule has 2 unspecified atom stereocenters. The van der Waals surface area contributed by atoms with Gasteiger partial charge >= 0.3 is 0 Å². The van der Waals surface area contributed by atoms with Crippen LogP contribution in [0.15, 0.2) is 183 Å². The van der Waals surface area contributed by atoms with Crippen LogP contribution in [0.2, 0.25) is 10.0 Å². The molecule has 1 aromatic heterocycles. The van der Waals surface area contributed by atoms with E-state index in [2.05, 4.69) is 52.1 Å². The standard InChI is InChI=1S/C50H36Cl2N10O7/c51-38-13-5-7-15-40(38)55-50(54-28-64)67-42-26-32-10-2-4-12-36(32)44(46(42)66)59-57-34-23-19-30(20-24-34)48-61-60-47(68-48)29-17-21-33(22-18-29)56-58-43-35-11-3-1-9-31(35)25-37(45(43)65)49(53-27-63)69-62-41-16-8-6-14-39(41)52/h1-28,49-50,55,62,65-66H,(H,53,63)(H,54,64). The van der Waals surface area contributed by atoms with Gasteiger partial charge in [0.2, 0.25) is 24.6 Å². The molecule has 0 bridgehead atoms. The van der Waals surface area contributed by atoms with Gasteiger partial charge in [-0.15, -0.1) is 20.4 Å². The zero-order valence-corrected chi connectivity index (χ0v) is 37.2. The summed E-state index contributed by atoms with van der Waals surface area (Å²) in [7, 11) is 0. The summed E-state index contributed by atoms with van der Waals surface area (Å²) in [5.41, 5.74) is 6.39. The Labute approximate surface area is 402 Å². The highest BCUT2D eigenvalue weighted by molar-refractivity contribution is 6.33. The molecule has 6 N–H and O–H groups in total. The van der Waals surface area contributed by atoms with Gasteiger partial charge in [-0.3, -0.25) is 15.1 Å². The van der Waals surface area contributed by atoms with Crippen LogP contribution in [0.5, 0.6) is 17.2 Å². The number of phenolic OH excluding ortho intramolecular Hbond substituents is 2. The van der Waals surface area contributed by atoms with E-state index < -0.39 is 12.6 Å². The van der Waals surface area contributed by atoms with Gasteiger partial charge in [-0.2, -0.15) is 10.2 Å². The zero-order valence-electron chi connectivity index (χ0n) is 35.7. The van der Waals surface area contributed by atoms with Gasteiger partial charge in [-0.1, -0.05) is 96.0 Å². The molecule has 69 heavy (non-hydrogen) atoms. The van der Waals surface area contributed by atoms with Crippen molar-refractivity contribution in [2.45, 2.75) is 12.6 Å². The van der Waals surface area contributed by atoms with Crippen molar-refractivity contribution in [3.63, 3.8) is 0 Å². The third kappa shape index (κ3) is 10.3. The van der Waals surface area contributed by atoms with Crippen LogP contribution in [0.25, 0.3) is 44.5 Å². The molecular formula is C50H36Cl2N10O7. The Morgan fingerprint density at radius 3 is 1.65 bits per heavy atom. The first-order valence-corrected chi connectivity index (χ1v) is 21.6. The number of benzene rings is 8. The highest BCUT2D eigenvalue weighted by atomic mass is 35.5. The summed E-state index contributed by atoms with van der Waals surface area (Å²) in [4.78, 5) is 28.9. The molecule has 0 fully saturated rings. The first-order chi connectivity index (χ1) is 33.8. The molecule has 2 atom stereocenters. The fourth-order valence-electron chi connectivity index (χ4n) is 7.07. The predicted octanol–water partition coefficient (Wildman–Crippen LogP) is 12.6. The van der Waals surface area contributed by atoms with E-state index in [9.17, 15) is 19.8 Å². The van der Waals surface area contributed by atoms with Gasteiger partial charge in [-0.05, 0) is 95.7 Å². The van der Waals surface area contributed by atoms with Crippen LogP contribution in [-0.4, -0.2) is 39.6 Å². The van der Waals surface area contributed by atoms with Crippen LogP contribution in [-0.2, 0) is 14.4 Å². The summed E-state index contributed by atoms with van der Waals surface area (Å²) in [6.07, 6.45) is -1.31. The molecule has 8 aromatic carbocycles. The van der Waals surface area contributed by atoms with Crippen molar-refractivity contribution in [1.29, 1.82) is 0 Å². The van der Waals surface area contributed by atoms with E-state index in [0.717, 1.165) is 0 Å². The number of nitrogens with one attached hydrogen (secondary N) is 4. The van der Waals surface area contributed by atoms with Crippen LogP contribution in [0, 0.1) is 0 Å². The largest absolute Gasteiger partial charge is 0.505 e. The number of rotatable bonds is 18. The normalized spacial score (nSPS) is 12.3. The summed E-state index contributed by atoms with van der Waals surface area (Å²) in [6, 6.07) is 45.5. The summed E-state index contributed by atoms with van der Waals surface area (Å²) < 4.78 is 12.0. The Hall–Kier alpha value is -8.90. The Kier molecular flexibility index (Phi) is 13.6.